The molecular weight excluding hydrogens is 266 g/mol. The van der Waals surface area contributed by atoms with Gasteiger partial charge in [0.1, 0.15) is 0 Å². The van der Waals surface area contributed by atoms with E-state index in [-0.39, 0.29) is 17.8 Å². The van der Waals surface area contributed by atoms with Gasteiger partial charge in [-0.15, -0.1) is 0 Å². The number of hydrogen-bond acceptors (Lipinski definition) is 3. The summed E-state index contributed by atoms with van der Waals surface area (Å²) < 4.78 is 5.04. The van der Waals surface area contributed by atoms with Crippen LogP contribution in [0.4, 0.5) is 0 Å². The molecule has 0 atom stereocenters. The van der Waals surface area contributed by atoms with Crippen molar-refractivity contribution in [2.45, 2.75) is 33.1 Å². The molecule has 2 rings (SSSR count). The topological polar surface area (TPSA) is 46.6 Å². The normalized spacial score (nSPS) is 15.8. The van der Waals surface area contributed by atoms with Gasteiger partial charge in [-0.1, -0.05) is 19.1 Å². The van der Waals surface area contributed by atoms with Crippen LogP contribution in [0.2, 0.25) is 0 Å². The average Bonchev–Trinajstić information content (AvgIpc) is 2.54. The van der Waals surface area contributed by atoms with E-state index in [2.05, 4.69) is 6.92 Å². The van der Waals surface area contributed by atoms with Crippen molar-refractivity contribution in [1.29, 1.82) is 0 Å². The van der Waals surface area contributed by atoms with Gasteiger partial charge in [-0.3, -0.25) is 9.59 Å². The molecule has 1 aliphatic rings. The molecule has 4 nitrogen and oxygen atoms in total. The van der Waals surface area contributed by atoms with Crippen molar-refractivity contribution in [1.82, 2.24) is 4.90 Å². The number of ether oxygens (including phenoxy) is 1. The molecule has 1 heterocycles. The van der Waals surface area contributed by atoms with E-state index in [4.69, 9.17) is 4.74 Å². The van der Waals surface area contributed by atoms with E-state index in [1.165, 1.54) is 5.56 Å². The summed E-state index contributed by atoms with van der Waals surface area (Å²) in [4.78, 5) is 25.9. The Morgan fingerprint density at radius 2 is 1.76 bits per heavy atom. The minimum absolute atomic E-state index is 0.0555. The van der Waals surface area contributed by atoms with Crippen LogP contribution >= 0.6 is 0 Å². The predicted octanol–water partition coefficient (Wildman–Crippen LogP) is 2.66. The molecule has 0 spiro atoms. The molecule has 114 valence electrons. The van der Waals surface area contributed by atoms with Crippen molar-refractivity contribution in [2.75, 3.05) is 19.7 Å². The minimum atomic E-state index is -0.128. The van der Waals surface area contributed by atoms with Gasteiger partial charge >= 0.3 is 5.97 Å². The molecule has 1 aliphatic heterocycles. The van der Waals surface area contributed by atoms with Crippen LogP contribution in [0.5, 0.6) is 0 Å². The van der Waals surface area contributed by atoms with Crippen molar-refractivity contribution in [2.24, 2.45) is 5.92 Å². The Labute approximate surface area is 126 Å². The highest BCUT2D eigenvalue weighted by molar-refractivity contribution is 5.94. The van der Waals surface area contributed by atoms with Crippen LogP contribution in [0.15, 0.2) is 24.3 Å². The highest BCUT2D eigenvalue weighted by Crippen LogP contribution is 2.20. The number of carbonyl (C=O) groups is 2. The number of benzene rings is 1. The molecule has 1 saturated heterocycles. The summed E-state index contributed by atoms with van der Waals surface area (Å²) >= 11 is 0. The number of amides is 1. The molecule has 0 bridgehead atoms. The number of aryl methyl sites for hydroxylation is 1. The number of hydrogen-bond donors (Lipinski definition) is 0. The summed E-state index contributed by atoms with van der Waals surface area (Å²) in [5.74, 6) is -0.131. The highest BCUT2D eigenvalue weighted by Gasteiger charge is 2.28. The van der Waals surface area contributed by atoms with Crippen LogP contribution in [0.25, 0.3) is 0 Å². The maximum absolute atomic E-state index is 12.4. The van der Waals surface area contributed by atoms with E-state index < -0.39 is 0 Å². The van der Waals surface area contributed by atoms with Crippen LogP contribution in [-0.4, -0.2) is 36.5 Å². The van der Waals surface area contributed by atoms with Crippen LogP contribution < -0.4 is 0 Å². The first-order valence-corrected chi connectivity index (χ1v) is 7.70. The van der Waals surface area contributed by atoms with Gasteiger partial charge in [0, 0.05) is 18.7 Å². The van der Waals surface area contributed by atoms with Crippen molar-refractivity contribution >= 4 is 11.9 Å². The third kappa shape index (κ3) is 3.84. The number of piperidine rings is 1. The van der Waals surface area contributed by atoms with Gasteiger partial charge in [0.15, 0.2) is 0 Å². The van der Waals surface area contributed by atoms with Crippen LogP contribution in [0, 0.1) is 5.92 Å². The van der Waals surface area contributed by atoms with E-state index in [0.29, 0.717) is 32.5 Å². The number of likely N-dealkylation sites (tertiary alicyclic amines) is 1. The second-order valence-corrected chi connectivity index (χ2v) is 5.37. The van der Waals surface area contributed by atoms with Crippen LogP contribution in [0.1, 0.15) is 42.6 Å². The SMILES string of the molecule is CCOC(=O)C1CCN(C(=O)c2ccc(CC)cc2)CC1. The molecule has 1 aromatic carbocycles. The number of rotatable bonds is 4. The monoisotopic (exact) mass is 289 g/mol. The summed E-state index contributed by atoms with van der Waals surface area (Å²) in [5, 5.41) is 0. The highest BCUT2D eigenvalue weighted by atomic mass is 16.5. The van der Waals surface area contributed by atoms with Gasteiger partial charge in [-0.05, 0) is 43.9 Å². The Bertz CT molecular complexity index is 487. The lowest BCUT2D eigenvalue weighted by Crippen LogP contribution is -2.40. The number of nitrogens with zero attached hydrogens (tertiary/aromatic N) is 1. The molecule has 1 fully saturated rings. The summed E-state index contributed by atoms with van der Waals surface area (Å²) in [7, 11) is 0. The zero-order chi connectivity index (χ0) is 15.2. The van der Waals surface area contributed by atoms with Crippen LogP contribution in [0.3, 0.4) is 0 Å². The fourth-order valence-electron chi connectivity index (χ4n) is 2.64. The molecular formula is C17H23NO3. The Morgan fingerprint density at radius 1 is 1.14 bits per heavy atom. The maximum Gasteiger partial charge on any atom is 0.309 e. The molecule has 1 aromatic rings. The maximum atomic E-state index is 12.4. The second kappa shape index (κ2) is 7.25. The molecule has 0 aliphatic carbocycles. The van der Waals surface area contributed by atoms with E-state index in [9.17, 15) is 9.59 Å². The van der Waals surface area contributed by atoms with Crippen molar-refractivity contribution in [3.05, 3.63) is 35.4 Å². The summed E-state index contributed by atoms with van der Waals surface area (Å²) in [6.07, 6.45) is 2.36. The molecule has 1 amide bonds. The van der Waals surface area contributed by atoms with Gasteiger partial charge < -0.3 is 9.64 Å². The lowest BCUT2D eigenvalue weighted by atomic mass is 9.96. The first-order valence-electron chi connectivity index (χ1n) is 7.70. The molecule has 21 heavy (non-hydrogen) atoms. The smallest absolute Gasteiger partial charge is 0.309 e. The van der Waals surface area contributed by atoms with Crippen molar-refractivity contribution in [3.8, 4) is 0 Å². The molecule has 0 N–H and O–H groups in total. The van der Waals surface area contributed by atoms with E-state index >= 15 is 0 Å². The second-order valence-electron chi connectivity index (χ2n) is 5.37. The van der Waals surface area contributed by atoms with Gasteiger partial charge in [-0.25, -0.2) is 0 Å². The standard InChI is InChI=1S/C17H23NO3/c1-3-13-5-7-14(8-6-13)16(19)18-11-9-15(10-12-18)17(20)21-4-2/h5-8,15H,3-4,9-12H2,1-2H3. The fraction of sp³-hybridized carbons (Fsp3) is 0.529. The molecule has 0 aromatic heterocycles. The fourth-order valence-corrected chi connectivity index (χ4v) is 2.64. The summed E-state index contributed by atoms with van der Waals surface area (Å²) in [6.45, 7) is 5.57. The Balaban J connectivity index is 1.92. The third-order valence-electron chi connectivity index (χ3n) is 4.01. The largest absolute Gasteiger partial charge is 0.466 e. The molecule has 0 unspecified atom stereocenters. The summed E-state index contributed by atoms with van der Waals surface area (Å²) in [5.41, 5.74) is 1.95. The Hall–Kier alpha value is -1.84. The van der Waals surface area contributed by atoms with Gasteiger partial charge in [0.25, 0.3) is 5.91 Å². The lowest BCUT2D eigenvalue weighted by Gasteiger charge is -2.31. The summed E-state index contributed by atoms with van der Waals surface area (Å²) in [6, 6.07) is 7.77. The molecule has 0 saturated carbocycles. The Morgan fingerprint density at radius 3 is 2.29 bits per heavy atom. The third-order valence-corrected chi connectivity index (χ3v) is 4.01. The van der Waals surface area contributed by atoms with Gasteiger partial charge in [0.05, 0.1) is 12.5 Å². The van der Waals surface area contributed by atoms with E-state index in [1.807, 2.05) is 36.1 Å². The minimum Gasteiger partial charge on any atom is -0.466 e. The van der Waals surface area contributed by atoms with Gasteiger partial charge in [0.2, 0.25) is 0 Å². The van der Waals surface area contributed by atoms with E-state index in [1.54, 1.807) is 0 Å². The average molecular weight is 289 g/mol. The lowest BCUT2D eigenvalue weighted by molar-refractivity contribution is -0.149. The van der Waals surface area contributed by atoms with Gasteiger partial charge in [-0.2, -0.15) is 0 Å². The first-order chi connectivity index (χ1) is 10.2. The zero-order valence-electron chi connectivity index (χ0n) is 12.8. The first kappa shape index (κ1) is 15.5. The Kier molecular flexibility index (Phi) is 5.37. The molecule has 0 radical (unpaired) electrons. The number of carbonyl (C=O) groups excluding carboxylic acids is 2. The van der Waals surface area contributed by atoms with Crippen molar-refractivity contribution < 1.29 is 14.3 Å². The van der Waals surface area contributed by atoms with Crippen molar-refractivity contribution in [3.63, 3.8) is 0 Å². The zero-order valence-corrected chi connectivity index (χ0v) is 12.8. The van der Waals surface area contributed by atoms with E-state index in [0.717, 1.165) is 12.0 Å². The number of esters is 1. The quantitative estimate of drug-likeness (QED) is 0.801. The predicted molar refractivity (Wildman–Crippen MR) is 81.1 cm³/mol. The van der Waals surface area contributed by atoms with Crippen LogP contribution in [-0.2, 0) is 16.0 Å². The molecule has 4 heteroatoms.